The number of phenols is 1. The Balaban J connectivity index is 2.52. The lowest BCUT2D eigenvalue weighted by atomic mass is 10.0. The first-order valence-corrected chi connectivity index (χ1v) is 6.73. The van der Waals surface area contributed by atoms with Gasteiger partial charge in [0.25, 0.3) is 0 Å². The Morgan fingerprint density at radius 2 is 2.27 bits per heavy atom. The molecule has 0 aliphatic carbocycles. The Morgan fingerprint density at radius 1 is 1.45 bits per heavy atom. The molecule has 1 aromatic carbocycles. The summed E-state index contributed by atoms with van der Waals surface area (Å²) in [5, 5.41) is 19.4. The first kappa shape index (κ1) is 15.3. The second kappa shape index (κ2) is 7.09. The molecule has 0 fully saturated rings. The number of allylic oxidation sites excluding steroid dienone is 2. The van der Waals surface area contributed by atoms with E-state index in [9.17, 15) is 10.4 Å². The van der Waals surface area contributed by atoms with E-state index in [0.717, 1.165) is 5.56 Å². The molecule has 4 heteroatoms. The van der Waals surface area contributed by atoms with Crippen LogP contribution < -0.4 is 4.74 Å². The third-order valence-corrected chi connectivity index (χ3v) is 3.13. The lowest BCUT2D eigenvalue weighted by Crippen LogP contribution is -1.92. The molecule has 0 spiro atoms. The predicted octanol–water partition coefficient (Wildman–Crippen LogP) is 3.59. The van der Waals surface area contributed by atoms with Gasteiger partial charge in [-0.15, -0.1) is 6.58 Å². The van der Waals surface area contributed by atoms with Crippen LogP contribution in [0.25, 0.3) is 11.6 Å². The molecule has 0 bridgehead atoms. The molecule has 0 radical (unpaired) electrons. The third kappa shape index (κ3) is 3.33. The van der Waals surface area contributed by atoms with Crippen LogP contribution in [0.2, 0.25) is 0 Å². The summed E-state index contributed by atoms with van der Waals surface area (Å²) < 4.78 is 5.18. The number of rotatable bonds is 5. The second-order valence-electron chi connectivity index (χ2n) is 4.61. The molecule has 0 saturated heterocycles. The third-order valence-electron chi connectivity index (χ3n) is 3.13. The highest BCUT2D eigenvalue weighted by molar-refractivity contribution is 5.88. The quantitative estimate of drug-likeness (QED) is 0.675. The number of nitriles is 1. The number of aromatic nitrogens is 1. The van der Waals surface area contributed by atoms with Gasteiger partial charge in [-0.3, -0.25) is 4.98 Å². The van der Waals surface area contributed by atoms with E-state index in [1.54, 1.807) is 42.6 Å². The monoisotopic (exact) mass is 292 g/mol. The van der Waals surface area contributed by atoms with Gasteiger partial charge >= 0.3 is 0 Å². The van der Waals surface area contributed by atoms with Crippen molar-refractivity contribution >= 4 is 11.6 Å². The topological polar surface area (TPSA) is 66.1 Å². The Labute approximate surface area is 129 Å². The van der Waals surface area contributed by atoms with Gasteiger partial charge in [0.15, 0.2) is 11.5 Å². The van der Waals surface area contributed by atoms with Crippen molar-refractivity contribution in [1.29, 1.82) is 5.26 Å². The Bertz CT molecular complexity index is 744. The smallest absolute Gasteiger partial charge is 0.161 e. The summed E-state index contributed by atoms with van der Waals surface area (Å²) >= 11 is 0. The molecule has 0 amide bonds. The minimum Gasteiger partial charge on any atom is -0.504 e. The van der Waals surface area contributed by atoms with Crippen molar-refractivity contribution < 1.29 is 9.84 Å². The van der Waals surface area contributed by atoms with Gasteiger partial charge in [-0.1, -0.05) is 12.1 Å². The minimum absolute atomic E-state index is 0.0934. The second-order valence-corrected chi connectivity index (χ2v) is 4.61. The van der Waals surface area contributed by atoms with Gasteiger partial charge in [0.05, 0.1) is 18.4 Å². The SMILES string of the molecule is C=CCc1cc(C=C(C#N)c2ccccn2)cc(OC)c1O. The number of methoxy groups -OCH3 is 1. The Kier molecular flexibility index (Phi) is 4.94. The van der Waals surface area contributed by atoms with Crippen LogP contribution in [0.3, 0.4) is 0 Å². The fourth-order valence-corrected chi connectivity index (χ4v) is 2.09. The van der Waals surface area contributed by atoms with E-state index in [-0.39, 0.29) is 5.75 Å². The molecule has 2 rings (SSSR count). The normalized spacial score (nSPS) is 10.8. The molecule has 0 aliphatic rings. The van der Waals surface area contributed by atoms with Crippen molar-refractivity contribution in [3.05, 3.63) is 66.0 Å². The summed E-state index contributed by atoms with van der Waals surface area (Å²) in [7, 11) is 1.49. The average molecular weight is 292 g/mol. The molecule has 0 atom stereocenters. The predicted molar refractivity (Wildman–Crippen MR) is 86.3 cm³/mol. The first-order chi connectivity index (χ1) is 10.7. The van der Waals surface area contributed by atoms with Gasteiger partial charge in [-0.05, 0) is 42.3 Å². The molecular weight excluding hydrogens is 276 g/mol. The first-order valence-electron chi connectivity index (χ1n) is 6.73. The number of nitrogens with zero attached hydrogens (tertiary/aromatic N) is 2. The van der Waals surface area contributed by atoms with Crippen molar-refractivity contribution in [2.45, 2.75) is 6.42 Å². The highest BCUT2D eigenvalue weighted by Gasteiger charge is 2.10. The number of benzene rings is 1. The molecule has 1 heterocycles. The Morgan fingerprint density at radius 3 is 2.86 bits per heavy atom. The zero-order chi connectivity index (χ0) is 15.9. The van der Waals surface area contributed by atoms with Crippen molar-refractivity contribution in [1.82, 2.24) is 4.98 Å². The van der Waals surface area contributed by atoms with Crippen LogP contribution in [0, 0.1) is 11.3 Å². The van der Waals surface area contributed by atoms with Gasteiger partial charge in [0, 0.05) is 11.8 Å². The maximum Gasteiger partial charge on any atom is 0.161 e. The van der Waals surface area contributed by atoms with E-state index >= 15 is 0 Å². The molecule has 0 aliphatic heterocycles. The molecule has 0 unspecified atom stereocenters. The molecule has 22 heavy (non-hydrogen) atoms. The van der Waals surface area contributed by atoms with Crippen molar-refractivity contribution in [3.63, 3.8) is 0 Å². The van der Waals surface area contributed by atoms with Crippen LogP contribution in [-0.4, -0.2) is 17.2 Å². The number of aromatic hydroxyl groups is 1. The summed E-state index contributed by atoms with van der Waals surface area (Å²) in [4.78, 5) is 4.18. The molecule has 1 aromatic heterocycles. The summed E-state index contributed by atoms with van der Waals surface area (Å²) in [6, 6.07) is 11.0. The number of pyridine rings is 1. The summed E-state index contributed by atoms with van der Waals surface area (Å²) in [5.74, 6) is 0.458. The van der Waals surface area contributed by atoms with Crippen LogP contribution in [0.4, 0.5) is 0 Å². The number of hydrogen-bond acceptors (Lipinski definition) is 4. The van der Waals surface area contributed by atoms with Gasteiger partial charge < -0.3 is 9.84 Å². The maximum atomic E-state index is 10.1. The summed E-state index contributed by atoms with van der Waals surface area (Å²) in [6.45, 7) is 3.68. The fourth-order valence-electron chi connectivity index (χ4n) is 2.09. The number of ether oxygens (including phenoxy) is 1. The fraction of sp³-hybridized carbons (Fsp3) is 0.111. The molecule has 0 saturated carbocycles. The number of phenolic OH excluding ortho intramolecular Hbond substituents is 1. The van der Waals surface area contributed by atoms with Crippen LogP contribution in [0.5, 0.6) is 11.5 Å². The van der Waals surface area contributed by atoms with E-state index in [1.165, 1.54) is 7.11 Å². The van der Waals surface area contributed by atoms with Crippen LogP contribution >= 0.6 is 0 Å². The Hall–Kier alpha value is -3.06. The van der Waals surface area contributed by atoms with E-state index in [0.29, 0.717) is 29.0 Å². The highest BCUT2D eigenvalue weighted by Crippen LogP contribution is 2.33. The lowest BCUT2D eigenvalue weighted by molar-refractivity contribution is 0.371. The van der Waals surface area contributed by atoms with Gasteiger partial charge in [-0.2, -0.15) is 5.26 Å². The van der Waals surface area contributed by atoms with E-state index < -0.39 is 0 Å². The molecule has 110 valence electrons. The van der Waals surface area contributed by atoms with Crippen molar-refractivity contribution in [3.8, 4) is 17.6 Å². The van der Waals surface area contributed by atoms with E-state index in [4.69, 9.17) is 4.74 Å². The lowest BCUT2D eigenvalue weighted by Gasteiger charge is -2.10. The van der Waals surface area contributed by atoms with Crippen molar-refractivity contribution in [2.75, 3.05) is 7.11 Å². The zero-order valence-electron chi connectivity index (χ0n) is 12.3. The van der Waals surface area contributed by atoms with Gasteiger partial charge in [0.2, 0.25) is 0 Å². The van der Waals surface area contributed by atoms with Crippen LogP contribution in [0.1, 0.15) is 16.8 Å². The van der Waals surface area contributed by atoms with Crippen LogP contribution in [-0.2, 0) is 6.42 Å². The van der Waals surface area contributed by atoms with Gasteiger partial charge in [-0.25, -0.2) is 0 Å². The largest absolute Gasteiger partial charge is 0.504 e. The highest BCUT2D eigenvalue weighted by atomic mass is 16.5. The van der Waals surface area contributed by atoms with E-state index in [2.05, 4.69) is 17.6 Å². The molecule has 2 aromatic rings. The standard InChI is InChI=1S/C18H16N2O2/c1-3-6-14-9-13(11-17(22-2)18(14)21)10-15(12-19)16-7-4-5-8-20-16/h3-5,7-11,21H,1,6H2,2H3. The minimum atomic E-state index is 0.0934. The molecule has 1 N–H and O–H groups in total. The molecular formula is C18H16N2O2. The van der Waals surface area contributed by atoms with Crippen LogP contribution in [0.15, 0.2) is 49.2 Å². The van der Waals surface area contributed by atoms with E-state index in [1.807, 2.05) is 6.07 Å². The summed E-state index contributed by atoms with van der Waals surface area (Å²) in [6.07, 6.45) is 5.57. The summed E-state index contributed by atoms with van der Waals surface area (Å²) in [5.41, 5.74) is 2.49. The van der Waals surface area contributed by atoms with Crippen molar-refractivity contribution in [2.24, 2.45) is 0 Å². The average Bonchev–Trinajstić information content (AvgIpc) is 2.56. The number of hydrogen-bond donors (Lipinski definition) is 1. The maximum absolute atomic E-state index is 10.1. The zero-order valence-corrected chi connectivity index (χ0v) is 12.3. The molecule has 4 nitrogen and oxygen atoms in total. The van der Waals surface area contributed by atoms with Gasteiger partial charge in [0.1, 0.15) is 6.07 Å².